The van der Waals surface area contributed by atoms with E-state index in [4.69, 9.17) is 19.9 Å². The summed E-state index contributed by atoms with van der Waals surface area (Å²) in [4.78, 5) is 11.7. The number of hydrogen-bond donors (Lipinski definition) is 2. The van der Waals surface area contributed by atoms with E-state index in [-0.39, 0.29) is 32.0 Å². The van der Waals surface area contributed by atoms with Crippen molar-refractivity contribution in [2.75, 3.05) is 33.5 Å². The van der Waals surface area contributed by atoms with Gasteiger partial charge in [0.25, 0.3) is 0 Å². The number of aliphatic hydroxyl groups excluding tert-OH is 1. The van der Waals surface area contributed by atoms with Gasteiger partial charge in [0.2, 0.25) is 0 Å². The van der Waals surface area contributed by atoms with Crippen molar-refractivity contribution >= 4 is 5.97 Å². The first-order valence-electron chi connectivity index (χ1n) is 6.68. The normalized spacial score (nSPS) is 12.4. The highest BCUT2D eigenvalue weighted by Gasteiger charge is 2.21. The van der Waals surface area contributed by atoms with Gasteiger partial charge in [0, 0.05) is 13.7 Å². The number of methoxy groups -OCH3 is 1. The molecule has 1 rings (SSSR count). The lowest BCUT2D eigenvalue weighted by Gasteiger charge is -2.12. The molecule has 9 heteroatoms. The molecule has 3 N–H and O–H groups in total. The molecular formula is C12H22N4O5. The maximum absolute atomic E-state index is 11.7. The van der Waals surface area contributed by atoms with Crippen molar-refractivity contribution < 1.29 is 24.1 Å². The third-order valence-electron chi connectivity index (χ3n) is 2.63. The lowest BCUT2D eigenvalue weighted by Crippen LogP contribution is -2.25. The molecule has 1 heterocycles. The van der Waals surface area contributed by atoms with Gasteiger partial charge >= 0.3 is 5.97 Å². The fourth-order valence-electron chi connectivity index (χ4n) is 1.65. The average Bonchev–Trinajstić information content (AvgIpc) is 2.86. The van der Waals surface area contributed by atoms with E-state index in [1.165, 1.54) is 4.68 Å². The summed E-state index contributed by atoms with van der Waals surface area (Å²) >= 11 is 0. The summed E-state index contributed by atoms with van der Waals surface area (Å²) in [5.74, 6) is -0.574. The Labute approximate surface area is 123 Å². The predicted molar refractivity (Wildman–Crippen MR) is 72.6 cm³/mol. The Bertz CT molecular complexity index is 437. The zero-order valence-electron chi connectivity index (χ0n) is 12.3. The van der Waals surface area contributed by atoms with Gasteiger partial charge < -0.3 is 25.1 Å². The minimum Gasteiger partial charge on any atom is -0.461 e. The first-order valence-corrected chi connectivity index (χ1v) is 6.68. The first-order chi connectivity index (χ1) is 10.1. The molecule has 0 saturated carbocycles. The van der Waals surface area contributed by atoms with E-state index in [9.17, 15) is 9.90 Å². The minimum absolute atomic E-state index is 0.0679. The topological polar surface area (TPSA) is 122 Å². The summed E-state index contributed by atoms with van der Waals surface area (Å²) in [6.07, 6.45) is -0.788. The predicted octanol–water partition coefficient (Wildman–Crippen LogP) is -1.06. The average molecular weight is 302 g/mol. The first kappa shape index (κ1) is 17.5. The molecule has 0 fully saturated rings. The summed E-state index contributed by atoms with van der Waals surface area (Å²) in [7, 11) is 1.57. The van der Waals surface area contributed by atoms with E-state index >= 15 is 0 Å². The van der Waals surface area contributed by atoms with E-state index < -0.39 is 12.1 Å². The number of rotatable bonds is 10. The lowest BCUT2D eigenvalue weighted by molar-refractivity contribution is 0.00548. The van der Waals surface area contributed by atoms with Gasteiger partial charge in [0.1, 0.15) is 0 Å². The monoisotopic (exact) mass is 302 g/mol. The SMILES string of the molecule is CCOC(=O)c1nnn(CC(O)COCCOC)c1CN. The number of aromatic nitrogens is 3. The summed E-state index contributed by atoms with van der Waals surface area (Å²) < 4.78 is 16.3. The largest absolute Gasteiger partial charge is 0.461 e. The molecule has 1 atom stereocenters. The summed E-state index contributed by atoms with van der Waals surface area (Å²) in [6, 6.07) is 0. The number of nitrogens with two attached hydrogens (primary N) is 1. The second kappa shape index (κ2) is 9.40. The zero-order chi connectivity index (χ0) is 15.7. The smallest absolute Gasteiger partial charge is 0.360 e. The van der Waals surface area contributed by atoms with Crippen LogP contribution >= 0.6 is 0 Å². The highest BCUT2D eigenvalue weighted by Crippen LogP contribution is 2.07. The number of aliphatic hydroxyl groups is 1. The molecule has 0 amide bonds. The minimum atomic E-state index is -0.788. The van der Waals surface area contributed by atoms with Crippen LogP contribution in [0, 0.1) is 0 Å². The highest BCUT2D eigenvalue weighted by molar-refractivity contribution is 5.88. The van der Waals surface area contributed by atoms with Crippen LogP contribution in [0.2, 0.25) is 0 Å². The van der Waals surface area contributed by atoms with Gasteiger partial charge in [-0.05, 0) is 6.92 Å². The van der Waals surface area contributed by atoms with Crippen LogP contribution in [-0.4, -0.2) is 65.7 Å². The molecule has 0 saturated heterocycles. The Balaban J connectivity index is 2.60. The molecule has 1 aromatic heterocycles. The standard InChI is InChI=1S/C12H22N4O5/c1-3-21-12(18)11-10(6-13)16(15-14-11)7-9(17)8-20-5-4-19-2/h9,17H,3-8,13H2,1-2H3. The fraction of sp³-hybridized carbons (Fsp3) is 0.750. The summed E-state index contributed by atoms with van der Waals surface area (Å²) in [5.41, 5.74) is 6.10. The summed E-state index contributed by atoms with van der Waals surface area (Å²) in [6.45, 7) is 3.11. The second-order valence-corrected chi connectivity index (χ2v) is 4.21. The maximum Gasteiger partial charge on any atom is 0.360 e. The van der Waals surface area contributed by atoms with E-state index in [1.54, 1.807) is 14.0 Å². The highest BCUT2D eigenvalue weighted by atomic mass is 16.5. The fourth-order valence-corrected chi connectivity index (χ4v) is 1.65. The molecule has 0 aromatic carbocycles. The van der Waals surface area contributed by atoms with Crippen LogP contribution in [0.1, 0.15) is 23.1 Å². The van der Waals surface area contributed by atoms with Gasteiger partial charge in [-0.1, -0.05) is 5.21 Å². The molecule has 9 nitrogen and oxygen atoms in total. The van der Waals surface area contributed by atoms with Crippen molar-refractivity contribution in [1.82, 2.24) is 15.0 Å². The Morgan fingerprint density at radius 3 is 2.86 bits per heavy atom. The molecule has 0 spiro atoms. The number of hydrogen-bond acceptors (Lipinski definition) is 8. The molecule has 0 aliphatic heterocycles. The molecule has 1 aromatic rings. The Morgan fingerprint density at radius 1 is 1.48 bits per heavy atom. The van der Waals surface area contributed by atoms with E-state index in [0.29, 0.717) is 18.9 Å². The maximum atomic E-state index is 11.7. The Kier molecular flexibility index (Phi) is 7.83. The van der Waals surface area contributed by atoms with Gasteiger partial charge in [-0.2, -0.15) is 0 Å². The van der Waals surface area contributed by atoms with Gasteiger partial charge in [-0.25, -0.2) is 9.48 Å². The number of esters is 1. The molecule has 21 heavy (non-hydrogen) atoms. The summed E-state index contributed by atoms with van der Waals surface area (Å²) in [5, 5.41) is 17.4. The molecule has 0 bridgehead atoms. The van der Waals surface area contributed by atoms with Gasteiger partial charge in [-0.3, -0.25) is 0 Å². The van der Waals surface area contributed by atoms with Crippen molar-refractivity contribution in [3.63, 3.8) is 0 Å². The number of carbonyl (C=O) groups is 1. The van der Waals surface area contributed by atoms with Crippen LogP contribution in [0.3, 0.4) is 0 Å². The van der Waals surface area contributed by atoms with E-state index in [2.05, 4.69) is 10.3 Å². The molecule has 1 unspecified atom stereocenters. The van der Waals surface area contributed by atoms with Crippen molar-refractivity contribution in [2.24, 2.45) is 5.73 Å². The molecule has 0 aliphatic carbocycles. The Morgan fingerprint density at radius 2 is 2.24 bits per heavy atom. The van der Waals surface area contributed by atoms with Crippen LogP contribution in [0.25, 0.3) is 0 Å². The van der Waals surface area contributed by atoms with Crippen molar-refractivity contribution in [3.8, 4) is 0 Å². The van der Waals surface area contributed by atoms with Gasteiger partial charge in [-0.15, -0.1) is 5.10 Å². The molecular weight excluding hydrogens is 280 g/mol. The second-order valence-electron chi connectivity index (χ2n) is 4.21. The van der Waals surface area contributed by atoms with E-state index in [1.807, 2.05) is 0 Å². The van der Waals surface area contributed by atoms with E-state index in [0.717, 1.165) is 0 Å². The van der Waals surface area contributed by atoms with Crippen LogP contribution in [0.5, 0.6) is 0 Å². The zero-order valence-corrected chi connectivity index (χ0v) is 12.3. The number of ether oxygens (including phenoxy) is 3. The number of carbonyl (C=O) groups excluding carboxylic acids is 1. The van der Waals surface area contributed by atoms with Crippen molar-refractivity contribution in [2.45, 2.75) is 26.1 Å². The Hall–Kier alpha value is -1.55. The quantitative estimate of drug-likeness (QED) is 0.414. The number of nitrogens with zero attached hydrogens (tertiary/aromatic N) is 3. The van der Waals surface area contributed by atoms with Crippen LogP contribution in [-0.2, 0) is 27.3 Å². The van der Waals surface area contributed by atoms with Crippen molar-refractivity contribution in [3.05, 3.63) is 11.4 Å². The van der Waals surface area contributed by atoms with Crippen LogP contribution in [0.4, 0.5) is 0 Å². The van der Waals surface area contributed by atoms with Crippen molar-refractivity contribution in [1.29, 1.82) is 0 Å². The third kappa shape index (κ3) is 5.38. The van der Waals surface area contributed by atoms with Gasteiger partial charge in [0.15, 0.2) is 5.69 Å². The van der Waals surface area contributed by atoms with Crippen LogP contribution in [0.15, 0.2) is 0 Å². The molecule has 0 radical (unpaired) electrons. The lowest BCUT2D eigenvalue weighted by atomic mass is 10.3. The van der Waals surface area contributed by atoms with Gasteiger partial charge in [0.05, 0.1) is 44.8 Å². The van der Waals surface area contributed by atoms with Crippen LogP contribution < -0.4 is 5.73 Å². The third-order valence-corrected chi connectivity index (χ3v) is 2.63. The molecule has 0 aliphatic rings. The molecule has 120 valence electrons.